The molecule has 1 aliphatic carbocycles. The van der Waals surface area contributed by atoms with Crippen LogP contribution in [0.1, 0.15) is 24.8 Å². The second-order valence-electron chi connectivity index (χ2n) is 7.21. The SMILES string of the molecule is CCn1c2ccccc2c2cc(NC(=O)C3CC3c3ccncc3)ccc21. The van der Waals surface area contributed by atoms with Gasteiger partial charge in [0.1, 0.15) is 0 Å². The summed E-state index contributed by atoms with van der Waals surface area (Å²) in [6.45, 7) is 3.08. The Morgan fingerprint density at radius 1 is 1.07 bits per heavy atom. The normalized spacial score (nSPS) is 18.7. The molecule has 0 bridgehead atoms. The van der Waals surface area contributed by atoms with E-state index >= 15 is 0 Å². The van der Waals surface area contributed by atoms with E-state index in [1.807, 2.05) is 18.2 Å². The first-order valence-electron chi connectivity index (χ1n) is 9.48. The van der Waals surface area contributed by atoms with Crippen molar-refractivity contribution >= 4 is 33.4 Å². The molecule has 2 aromatic carbocycles. The summed E-state index contributed by atoms with van der Waals surface area (Å²) in [7, 11) is 0. The Labute approximate surface area is 157 Å². The topological polar surface area (TPSA) is 46.9 Å². The van der Waals surface area contributed by atoms with Crippen molar-refractivity contribution in [3.05, 3.63) is 72.6 Å². The minimum atomic E-state index is 0.0556. The molecule has 4 nitrogen and oxygen atoms in total. The van der Waals surface area contributed by atoms with Gasteiger partial charge in [0.25, 0.3) is 0 Å². The molecule has 1 N–H and O–H groups in total. The number of carbonyl (C=O) groups excluding carboxylic acids is 1. The Morgan fingerprint density at radius 3 is 2.67 bits per heavy atom. The van der Waals surface area contributed by atoms with E-state index in [4.69, 9.17) is 0 Å². The van der Waals surface area contributed by atoms with Crippen LogP contribution in [0.3, 0.4) is 0 Å². The molecule has 1 amide bonds. The van der Waals surface area contributed by atoms with Gasteiger partial charge in [-0.15, -0.1) is 0 Å². The molecule has 1 aliphatic rings. The Balaban J connectivity index is 1.43. The smallest absolute Gasteiger partial charge is 0.228 e. The van der Waals surface area contributed by atoms with E-state index in [0.717, 1.165) is 18.7 Å². The van der Waals surface area contributed by atoms with Crippen molar-refractivity contribution in [1.82, 2.24) is 9.55 Å². The lowest BCUT2D eigenvalue weighted by Crippen LogP contribution is -2.14. The molecule has 0 radical (unpaired) electrons. The Morgan fingerprint density at radius 2 is 1.85 bits per heavy atom. The first-order valence-corrected chi connectivity index (χ1v) is 9.48. The predicted molar refractivity (Wildman–Crippen MR) is 109 cm³/mol. The van der Waals surface area contributed by atoms with Gasteiger partial charge in [0, 0.05) is 52.3 Å². The van der Waals surface area contributed by atoms with Gasteiger partial charge in [0.15, 0.2) is 0 Å². The van der Waals surface area contributed by atoms with E-state index < -0.39 is 0 Å². The first kappa shape index (κ1) is 16.1. The molecule has 27 heavy (non-hydrogen) atoms. The number of para-hydroxylation sites is 1. The molecule has 0 aliphatic heterocycles. The molecule has 134 valence electrons. The van der Waals surface area contributed by atoms with Crippen LogP contribution in [0.4, 0.5) is 5.69 Å². The number of nitrogens with zero attached hydrogens (tertiary/aromatic N) is 2. The van der Waals surface area contributed by atoms with Gasteiger partial charge in [-0.3, -0.25) is 9.78 Å². The number of rotatable bonds is 4. The third-order valence-electron chi connectivity index (χ3n) is 5.62. The van der Waals surface area contributed by atoms with Crippen LogP contribution in [0, 0.1) is 5.92 Å². The van der Waals surface area contributed by atoms with Crippen molar-refractivity contribution in [3.63, 3.8) is 0 Å². The second kappa shape index (κ2) is 6.23. The summed E-state index contributed by atoms with van der Waals surface area (Å²) in [4.78, 5) is 16.7. The summed E-state index contributed by atoms with van der Waals surface area (Å²) in [6, 6.07) is 18.7. The molecule has 0 saturated heterocycles. The second-order valence-corrected chi connectivity index (χ2v) is 7.21. The summed E-state index contributed by atoms with van der Waals surface area (Å²) in [5.74, 6) is 0.481. The number of hydrogen-bond acceptors (Lipinski definition) is 2. The maximum Gasteiger partial charge on any atom is 0.228 e. The number of anilines is 1. The van der Waals surface area contributed by atoms with Crippen LogP contribution in [0.2, 0.25) is 0 Å². The zero-order chi connectivity index (χ0) is 18.4. The minimum Gasteiger partial charge on any atom is -0.341 e. The van der Waals surface area contributed by atoms with Crippen molar-refractivity contribution in [2.45, 2.75) is 25.8 Å². The number of hydrogen-bond donors (Lipinski definition) is 1. The van der Waals surface area contributed by atoms with Crippen LogP contribution in [0.15, 0.2) is 67.0 Å². The molecular formula is C23H21N3O. The Kier molecular flexibility index (Phi) is 3.71. The largest absolute Gasteiger partial charge is 0.341 e. The van der Waals surface area contributed by atoms with Gasteiger partial charge in [-0.25, -0.2) is 0 Å². The fraction of sp³-hybridized carbons (Fsp3) is 0.217. The molecule has 4 aromatic rings. The monoisotopic (exact) mass is 355 g/mol. The maximum absolute atomic E-state index is 12.7. The highest BCUT2D eigenvalue weighted by Crippen LogP contribution is 2.47. The van der Waals surface area contributed by atoms with Gasteiger partial charge in [-0.1, -0.05) is 18.2 Å². The molecule has 1 saturated carbocycles. The lowest BCUT2D eigenvalue weighted by atomic mass is 10.1. The third kappa shape index (κ3) is 2.69. The predicted octanol–water partition coefficient (Wildman–Crippen LogP) is 4.95. The van der Waals surface area contributed by atoms with E-state index in [0.29, 0.717) is 5.92 Å². The zero-order valence-electron chi connectivity index (χ0n) is 15.2. The number of aryl methyl sites for hydroxylation is 1. The maximum atomic E-state index is 12.7. The molecule has 2 unspecified atom stereocenters. The number of nitrogens with one attached hydrogen (secondary N) is 1. The molecular weight excluding hydrogens is 334 g/mol. The minimum absolute atomic E-state index is 0.0556. The quantitative estimate of drug-likeness (QED) is 0.563. The van der Waals surface area contributed by atoms with Crippen LogP contribution in [0.5, 0.6) is 0 Å². The lowest BCUT2D eigenvalue weighted by Gasteiger charge is -2.07. The summed E-state index contributed by atoms with van der Waals surface area (Å²) >= 11 is 0. The van der Waals surface area contributed by atoms with Crippen molar-refractivity contribution < 1.29 is 4.79 Å². The van der Waals surface area contributed by atoms with Crippen LogP contribution in [-0.4, -0.2) is 15.5 Å². The van der Waals surface area contributed by atoms with E-state index in [9.17, 15) is 4.79 Å². The zero-order valence-corrected chi connectivity index (χ0v) is 15.2. The van der Waals surface area contributed by atoms with Crippen LogP contribution in [0.25, 0.3) is 21.8 Å². The number of benzene rings is 2. The van der Waals surface area contributed by atoms with Gasteiger partial charge >= 0.3 is 0 Å². The fourth-order valence-electron chi connectivity index (χ4n) is 4.17. The van der Waals surface area contributed by atoms with Crippen molar-refractivity contribution in [3.8, 4) is 0 Å². The van der Waals surface area contributed by atoms with Crippen LogP contribution < -0.4 is 5.32 Å². The summed E-state index contributed by atoms with van der Waals surface area (Å²) < 4.78 is 2.32. The number of fused-ring (bicyclic) bond motifs is 3. The average Bonchev–Trinajstić information content (AvgIpc) is 3.46. The van der Waals surface area contributed by atoms with Crippen molar-refractivity contribution in [2.75, 3.05) is 5.32 Å². The van der Waals surface area contributed by atoms with Gasteiger partial charge in [-0.2, -0.15) is 0 Å². The number of pyridine rings is 1. The number of amides is 1. The van der Waals surface area contributed by atoms with Gasteiger partial charge in [0.05, 0.1) is 0 Å². The van der Waals surface area contributed by atoms with Crippen LogP contribution >= 0.6 is 0 Å². The van der Waals surface area contributed by atoms with E-state index in [1.54, 1.807) is 12.4 Å². The van der Waals surface area contributed by atoms with Crippen molar-refractivity contribution in [1.29, 1.82) is 0 Å². The standard InChI is InChI=1S/C23H21N3O/c1-2-26-21-6-4-3-5-17(21)19-13-16(7-8-22(19)26)25-23(27)20-14-18(20)15-9-11-24-12-10-15/h3-13,18,20H,2,14H2,1H3,(H,25,27). The molecule has 2 heterocycles. The summed E-state index contributed by atoms with van der Waals surface area (Å²) in [6.07, 6.45) is 4.49. The number of carbonyl (C=O) groups is 1. The summed E-state index contributed by atoms with van der Waals surface area (Å²) in [5, 5.41) is 5.54. The molecule has 1 fully saturated rings. The molecule has 4 heteroatoms. The highest BCUT2D eigenvalue weighted by atomic mass is 16.2. The van der Waals surface area contributed by atoms with E-state index in [2.05, 4.69) is 58.2 Å². The summed E-state index contributed by atoms with van der Waals surface area (Å²) in [5.41, 5.74) is 4.51. The van der Waals surface area contributed by atoms with E-state index in [-0.39, 0.29) is 11.8 Å². The lowest BCUT2D eigenvalue weighted by molar-refractivity contribution is -0.117. The van der Waals surface area contributed by atoms with Gasteiger partial charge < -0.3 is 9.88 Å². The third-order valence-corrected chi connectivity index (χ3v) is 5.62. The molecule has 2 aromatic heterocycles. The van der Waals surface area contributed by atoms with Gasteiger partial charge in [-0.05, 0) is 61.2 Å². The Bertz CT molecular complexity index is 1150. The fourth-order valence-corrected chi connectivity index (χ4v) is 4.17. The number of aromatic nitrogens is 2. The van der Waals surface area contributed by atoms with Gasteiger partial charge in [0.2, 0.25) is 5.91 Å². The average molecular weight is 355 g/mol. The van der Waals surface area contributed by atoms with E-state index in [1.165, 1.54) is 27.4 Å². The molecule has 0 spiro atoms. The Hall–Kier alpha value is -3.14. The highest BCUT2D eigenvalue weighted by molar-refractivity contribution is 6.10. The molecule has 2 atom stereocenters. The van der Waals surface area contributed by atoms with Crippen molar-refractivity contribution in [2.24, 2.45) is 5.92 Å². The molecule has 5 rings (SSSR count). The first-order chi connectivity index (χ1) is 13.3. The van der Waals surface area contributed by atoms with Crippen LogP contribution in [-0.2, 0) is 11.3 Å². The highest BCUT2D eigenvalue weighted by Gasteiger charge is 2.43.